The average Bonchev–Trinajstić information content (AvgIpc) is 2.53. The number of halogens is 3. The summed E-state index contributed by atoms with van der Waals surface area (Å²) >= 11 is -0.0918. The molecule has 0 bridgehead atoms. The zero-order valence-corrected chi connectivity index (χ0v) is 20.6. The molecule has 2 nitrogen and oxygen atoms in total. The van der Waals surface area contributed by atoms with Crippen LogP contribution in [0, 0.1) is 10.8 Å². The molecule has 0 fully saturated rings. The van der Waals surface area contributed by atoms with E-state index in [1.807, 2.05) is 12.1 Å². The molecule has 31 heavy (non-hydrogen) atoms. The predicted molar refractivity (Wildman–Crippen MR) is 122 cm³/mol. The lowest BCUT2D eigenvalue weighted by molar-refractivity contribution is -0.0328. The van der Waals surface area contributed by atoms with Crippen LogP contribution in [0.1, 0.15) is 51.3 Å². The maximum atomic E-state index is 12.9. The van der Waals surface area contributed by atoms with Gasteiger partial charge in [0.25, 0.3) is 0 Å². The Morgan fingerprint density at radius 2 is 1.39 bits per heavy atom. The number of rotatable bonds is 7. The van der Waals surface area contributed by atoms with Crippen LogP contribution in [0.5, 0.6) is 0 Å². The average molecular weight is 473 g/mol. The van der Waals surface area contributed by atoms with Gasteiger partial charge in [-0.15, -0.1) is 0 Å². The molecular formula is C24H31F3O2S2. The van der Waals surface area contributed by atoms with Gasteiger partial charge in [0.2, 0.25) is 0 Å². The van der Waals surface area contributed by atoms with Gasteiger partial charge in [-0.2, -0.15) is 13.2 Å². The Morgan fingerprint density at radius 1 is 0.806 bits per heavy atom. The van der Waals surface area contributed by atoms with Gasteiger partial charge < -0.3 is 0 Å². The Kier molecular flexibility index (Phi) is 7.64. The molecule has 172 valence electrons. The highest BCUT2D eigenvalue weighted by Crippen LogP contribution is 2.39. The first-order valence-electron chi connectivity index (χ1n) is 10.1. The summed E-state index contributed by atoms with van der Waals surface area (Å²) in [6.07, 6.45) is 3.04. The van der Waals surface area contributed by atoms with Crippen LogP contribution < -0.4 is 0 Å². The minimum Gasteiger partial charge on any atom is -0.224 e. The highest BCUT2D eigenvalue weighted by Gasteiger charge is 2.30. The van der Waals surface area contributed by atoms with Crippen molar-refractivity contribution < 1.29 is 21.6 Å². The number of hydrogen-bond acceptors (Lipinski definition) is 3. The Bertz CT molecular complexity index is 1020. The summed E-state index contributed by atoms with van der Waals surface area (Å²) in [5, 5.41) is 0. The Balaban J connectivity index is 2.37. The van der Waals surface area contributed by atoms with E-state index in [1.54, 1.807) is 24.3 Å². The van der Waals surface area contributed by atoms with Crippen molar-refractivity contribution in [2.24, 2.45) is 10.8 Å². The molecule has 0 saturated heterocycles. The second-order valence-corrected chi connectivity index (χ2v) is 13.2. The van der Waals surface area contributed by atoms with Gasteiger partial charge in [-0.1, -0.05) is 58.9 Å². The topological polar surface area (TPSA) is 34.1 Å². The van der Waals surface area contributed by atoms with Crippen LogP contribution in [0.3, 0.4) is 0 Å². The Hall–Kier alpha value is -1.47. The van der Waals surface area contributed by atoms with E-state index in [1.165, 1.54) is 12.3 Å². The van der Waals surface area contributed by atoms with Gasteiger partial charge in [-0.05, 0) is 76.7 Å². The molecule has 0 heterocycles. The third-order valence-corrected chi connectivity index (χ3v) is 6.76. The summed E-state index contributed by atoms with van der Waals surface area (Å²) in [5.41, 5.74) is -2.02. The minimum absolute atomic E-state index is 0.0801. The van der Waals surface area contributed by atoms with E-state index in [0.717, 1.165) is 16.7 Å². The first-order valence-corrected chi connectivity index (χ1v) is 12.8. The van der Waals surface area contributed by atoms with Gasteiger partial charge in [0.1, 0.15) is 0 Å². The first kappa shape index (κ1) is 25.8. The quantitative estimate of drug-likeness (QED) is 0.403. The third kappa shape index (κ3) is 8.53. The minimum atomic E-state index is -4.32. The summed E-state index contributed by atoms with van der Waals surface area (Å²) in [4.78, 5) is 0.519. The van der Waals surface area contributed by atoms with Crippen molar-refractivity contribution in [3.63, 3.8) is 0 Å². The smallest absolute Gasteiger partial charge is 0.224 e. The second kappa shape index (κ2) is 9.18. The van der Waals surface area contributed by atoms with E-state index in [0.29, 0.717) is 24.2 Å². The molecule has 2 aromatic rings. The molecule has 0 aromatic heterocycles. The van der Waals surface area contributed by atoms with Crippen LogP contribution in [0.25, 0.3) is 0 Å². The number of hydrogen-bond donors (Lipinski definition) is 0. The normalized spacial score (nSPS) is 13.5. The number of benzene rings is 2. The summed E-state index contributed by atoms with van der Waals surface area (Å²) in [5.74, 6) is 0. The van der Waals surface area contributed by atoms with Crippen molar-refractivity contribution in [1.82, 2.24) is 0 Å². The zero-order chi connectivity index (χ0) is 23.7. The fourth-order valence-corrected chi connectivity index (χ4v) is 5.36. The molecule has 2 aromatic carbocycles. The SMILES string of the molecule is CC(C)(C)Cc1cc(SC(F)(F)F)ccc1CC(C)(C)Cc1ccccc1S(C)(=O)=O. The molecular weight excluding hydrogens is 441 g/mol. The summed E-state index contributed by atoms with van der Waals surface area (Å²) in [6, 6.07) is 12.0. The molecule has 0 aliphatic carbocycles. The summed E-state index contributed by atoms with van der Waals surface area (Å²) < 4.78 is 63.0. The maximum Gasteiger partial charge on any atom is 0.446 e. The fourth-order valence-electron chi connectivity index (χ4n) is 3.81. The lowest BCUT2D eigenvalue weighted by Gasteiger charge is -2.29. The monoisotopic (exact) mass is 472 g/mol. The molecule has 0 saturated carbocycles. The van der Waals surface area contributed by atoms with Crippen molar-refractivity contribution in [3.8, 4) is 0 Å². The second-order valence-electron chi connectivity index (χ2n) is 10.1. The standard InChI is InChI=1S/C24H31F3O2S2/c1-22(2,3)14-19-13-20(30-24(25,26)27)12-11-17(19)15-23(4,5)16-18-9-7-8-10-21(18)31(6,28)29/h7-13H,14-16H2,1-6H3. The molecule has 0 amide bonds. The summed E-state index contributed by atoms with van der Waals surface area (Å²) in [6.45, 7) is 10.3. The van der Waals surface area contributed by atoms with Crippen LogP contribution >= 0.6 is 11.8 Å². The van der Waals surface area contributed by atoms with E-state index in [-0.39, 0.29) is 27.5 Å². The van der Waals surface area contributed by atoms with Crippen molar-refractivity contribution >= 4 is 21.6 Å². The lowest BCUT2D eigenvalue weighted by Crippen LogP contribution is -2.21. The predicted octanol–water partition coefficient (Wildman–Crippen LogP) is 7.10. The third-order valence-electron chi connectivity index (χ3n) is 4.84. The number of alkyl halides is 3. The van der Waals surface area contributed by atoms with E-state index < -0.39 is 15.3 Å². The van der Waals surface area contributed by atoms with Gasteiger partial charge in [0.15, 0.2) is 9.84 Å². The molecule has 0 atom stereocenters. The molecule has 0 unspecified atom stereocenters. The fraction of sp³-hybridized carbons (Fsp3) is 0.500. The van der Waals surface area contributed by atoms with Crippen LogP contribution in [-0.4, -0.2) is 20.2 Å². The summed E-state index contributed by atoms with van der Waals surface area (Å²) in [7, 11) is -3.34. The van der Waals surface area contributed by atoms with Crippen molar-refractivity contribution in [1.29, 1.82) is 0 Å². The molecule has 0 radical (unpaired) electrons. The highest BCUT2D eigenvalue weighted by atomic mass is 32.2. The molecule has 0 spiro atoms. The highest BCUT2D eigenvalue weighted by molar-refractivity contribution is 8.00. The number of thioether (sulfide) groups is 1. The van der Waals surface area contributed by atoms with E-state index in [4.69, 9.17) is 0 Å². The van der Waals surface area contributed by atoms with Crippen LogP contribution in [-0.2, 0) is 29.1 Å². The lowest BCUT2D eigenvalue weighted by atomic mass is 9.77. The molecule has 0 aliphatic rings. The van der Waals surface area contributed by atoms with E-state index in [9.17, 15) is 21.6 Å². The van der Waals surface area contributed by atoms with Crippen LogP contribution in [0.15, 0.2) is 52.3 Å². The molecule has 0 N–H and O–H groups in total. The van der Waals surface area contributed by atoms with Gasteiger partial charge in [-0.25, -0.2) is 8.42 Å². The van der Waals surface area contributed by atoms with Gasteiger partial charge in [0.05, 0.1) is 4.90 Å². The van der Waals surface area contributed by atoms with Crippen LogP contribution in [0.4, 0.5) is 13.2 Å². The van der Waals surface area contributed by atoms with Crippen molar-refractivity contribution in [3.05, 3.63) is 59.2 Å². The Morgan fingerprint density at radius 3 is 1.94 bits per heavy atom. The van der Waals surface area contributed by atoms with E-state index in [2.05, 4.69) is 34.6 Å². The molecule has 2 rings (SSSR count). The molecule has 0 aliphatic heterocycles. The van der Waals surface area contributed by atoms with Crippen molar-refractivity contribution in [2.45, 2.75) is 69.2 Å². The van der Waals surface area contributed by atoms with Crippen LogP contribution in [0.2, 0.25) is 0 Å². The Labute approximate surface area is 188 Å². The van der Waals surface area contributed by atoms with Gasteiger partial charge in [0, 0.05) is 11.2 Å². The largest absolute Gasteiger partial charge is 0.446 e. The zero-order valence-electron chi connectivity index (χ0n) is 18.9. The van der Waals surface area contributed by atoms with E-state index >= 15 is 0 Å². The van der Waals surface area contributed by atoms with Gasteiger partial charge in [-0.3, -0.25) is 0 Å². The first-order chi connectivity index (χ1) is 14.0. The number of sulfone groups is 1. The molecule has 7 heteroatoms. The van der Waals surface area contributed by atoms with Crippen molar-refractivity contribution in [2.75, 3.05) is 6.26 Å². The van der Waals surface area contributed by atoms with Gasteiger partial charge >= 0.3 is 5.51 Å². The maximum absolute atomic E-state index is 12.9.